The van der Waals surface area contributed by atoms with Gasteiger partial charge in [0.1, 0.15) is 0 Å². The zero-order valence-corrected chi connectivity index (χ0v) is 9.95. The molecule has 1 aromatic rings. The van der Waals surface area contributed by atoms with Gasteiger partial charge in [-0.05, 0) is 41.1 Å². The van der Waals surface area contributed by atoms with Crippen LogP contribution in [0.2, 0.25) is 0 Å². The van der Waals surface area contributed by atoms with Crippen LogP contribution in [0.25, 0.3) is 0 Å². The van der Waals surface area contributed by atoms with Crippen molar-refractivity contribution < 1.29 is 4.79 Å². The highest BCUT2D eigenvalue weighted by atomic mass is 127. The van der Waals surface area contributed by atoms with Gasteiger partial charge in [-0.25, -0.2) is 0 Å². The van der Waals surface area contributed by atoms with Crippen LogP contribution >= 0.6 is 22.6 Å². The molecule has 0 fully saturated rings. The summed E-state index contributed by atoms with van der Waals surface area (Å²) in [4.78, 5) is 11.4. The van der Waals surface area contributed by atoms with Gasteiger partial charge in [0.05, 0.1) is 5.69 Å². The van der Waals surface area contributed by atoms with Crippen LogP contribution in [0.5, 0.6) is 0 Å². The Morgan fingerprint density at radius 1 is 1.50 bits per heavy atom. The van der Waals surface area contributed by atoms with Crippen molar-refractivity contribution in [3.8, 4) is 0 Å². The summed E-state index contributed by atoms with van der Waals surface area (Å²) in [7, 11) is 0. The van der Waals surface area contributed by atoms with Crippen molar-refractivity contribution in [3.05, 3.63) is 40.5 Å². The second-order valence-electron chi connectivity index (χ2n) is 2.86. The van der Waals surface area contributed by atoms with Gasteiger partial charge in [-0.3, -0.25) is 4.79 Å². The van der Waals surface area contributed by atoms with Gasteiger partial charge in [-0.2, -0.15) is 0 Å². The lowest BCUT2D eigenvalue weighted by Crippen LogP contribution is -2.11. The molecule has 1 aromatic carbocycles. The number of carbonyl (C=O) groups excluding carboxylic acids is 1. The SMILES string of the molecule is C=CCCC(=O)Nc1ccccc1I. The van der Waals surface area contributed by atoms with E-state index >= 15 is 0 Å². The molecule has 3 heteroatoms. The fourth-order valence-corrected chi connectivity index (χ4v) is 1.53. The van der Waals surface area contributed by atoms with E-state index in [1.54, 1.807) is 6.08 Å². The number of allylic oxidation sites excluding steroid dienone is 1. The van der Waals surface area contributed by atoms with Crippen LogP contribution < -0.4 is 5.32 Å². The molecule has 0 saturated heterocycles. The first-order chi connectivity index (χ1) is 6.74. The topological polar surface area (TPSA) is 29.1 Å². The van der Waals surface area contributed by atoms with Crippen molar-refractivity contribution in [2.75, 3.05) is 5.32 Å². The highest BCUT2D eigenvalue weighted by Crippen LogP contribution is 2.17. The lowest BCUT2D eigenvalue weighted by Gasteiger charge is -2.05. The number of benzene rings is 1. The number of hydrogen-bond donors (Lipinski definition) is 1. The molecule has 2 nitrogen and oxygen atoms in total. The van der Waals surface area contributed by atoms with Crippen molar-refractivity contribution in [2.24, 2.45) is 0 Å². The van der Waals surface area contributed by atoms with Gasteiger partial charge >= 0.3 is 0 Å². The molecule has 74 valence electrons. The summed E-state index contributed by atoms with van der Waals surface area (Å²) in [5, 5.41) is 2.85. The number of hydrogen-bond acceptors (Lipinski definition) is 1. The minimum Gasteiger partial charge on any atom is -0.325 e. The second kappa shape index (κ2) is 5.80. The molecule has 0 radical (unpaired) electrons. The minimum absolute atomic E-state index is 0.0361. The molecule has 0 aliphatic rings. The van der Waals surface area contributed by atoms with E-state index in [9.17, 15) is 4.79 Å². The maximum atomic E-state index is 11.4. The van der Waals surface area contributed by atoms with E-state index in [1.165, 1.54) is 0 Å². The van der Waals surface area contributed by atoms with Crippen LogP contribution in [-0.2, 0) is 4.79 Å². The van der Waals surface area contributed by atoms with Crippen molar-refractivity contribution in [1.82, 2.24) is 0 Å². The predicted molar refractivity (Wildman–Crippen MR) is 67.2 cm³/mol. The monoisotopic (exact) mass is 301 g/mol. The third-order valence-corrected chi connectivity index (χ3v) is 2.66. The molecule has 0 spiro atoms. The number of nitrogens with one attached hydrogen (secondary N) is 1. The van der Waals surface area contributed by atoms with E-state index in [2.05, 4.69) is 34.5 Å². The molecule has 0 atom stereocenters. The van der Waals surface area contributed by atoms with Gasteiger partial charge in [0.2, 0.25) is 5.91 Å². The van der Waals surface area contributed by atoms with E-state index in [0.717, 1.165) is 15.7 Å². The lowest BCUT2D eigenvalue weighted by molar-refractivity contribution is -0.116. The number of halogens is 1. The van der Waals surface area contributed by atoms with Gasteiger partial charge in [-0.1, -0.05) is 18.2 Å². The standard InChI is InChI=1S/C11H12INO/c1-2-3-8-11(14)13-10-7-5-4-6-9(10)12/h2,4-7H,1,3,8H2,(H,13,14). The van der Waals surface area contributed by atoms with Gasteiger partial charge < -0.3 is 5.32 Å². The highest BCUT2D eigenvalue weighted by Gasteiger charge is 2.02. The largest absolute Gasteiger partial charge is 0.325 e. The smallest absolute Gasteiger partial charge is 0.224 e. The Labute approximate surface area is 97.5 Å². The summed E-state index contributed by atoms with van der Waals surface area (Å²) < 4.78 is 1.05. The maximum Gasteiger partial charge on any atom is 0.224 e. The van der Waals surface area contributed by atoms with Gasteiger partial charge in [-0.15, -0.1) is 6.58 Å². The molecular weight excluding hydrogens is 289 g/mol. The van der Waals surface area contributed by atoms with Crippen LogP contribution in [-0.4, -0.2) is 5.91 Å². The minimum atomic E-state index is 0.0361. The number of rotatable bonds is 4. The Hall–Kier alpha value is -0.840. The van der Waals surface area contributed by atoms with Crippen LogP contribution in [0.4, 0.5) is 5.69 Å². The molecule has 0 heterocycles. The van der Waals surface area contributed by atoms with Crippen LogP contribution in [0, 0.1) is 3.57 Å². The van der Waals surface area contributed by atoms with Crippen molar-refractivity contribution in [2.45, 2.75) is 12.8 Å². The van der Waals surface area contributed by atoms with Crippen molar-refractivity contribution >= 4 is 34.2 Å². The van der Waals surface area contributed by atoms with Crippen LogP contribution in [0.15, 0.2) is 36.9 Å². The zero-order chi connectivity index (χ0) is 10.4. The third-order valence-electron chi connectivity index (χ3n) is 1.72. The normalized spacial score (nSPS) is 9.50. The summed E-state index contributed by atoms with van der Waals surface area (Å²) in [6.45, 7) is 3.58. The van der Waals surface area contributed by atoms with E-state index in [1.807, 2.05) is 24.3 Å². The molecule has 0 saturated carbocycles. The summed E-state index contributed by atoms with van der Waals surface area (Å²) in [6, 6.07) is 7.71. The summed E-state index contributed by atoms with van der Waals surface area (Å²) >= 11 is 2.20. The highest BCUT2D eigenvalue weighted by molar-refractivity contribution is 14.1. The zero-order valence-electron chi connectivity index (χ0n) is 7.79. The first-order valence-electron chi connectivity index (χ1n) is 4.39. The van der Waals surface area contributed by atoms with E-state index in [4.69, 9.17) is 0 Å². The molecule has 0 bridgehead atoms. The number of anilines is 1. The van der Waals surface area contributed by atoms with E-state index in [-0.39, 0.29) is 5.91 Å². The Morgan fingerprint density at radius 3 is 2.86 bits per heavy atom. The number of carbonyl (C=O) groups is 1. The first kappa shape index (κ1) is 11.2. The van der Waals surface area contributed by atoms with Gasteiger partial charge in [0, 0.05) is 9.99 Å². The maximum absolute atomic E-state index is 11.4. The molecular formula is C11H12INO. The lowest BCUT2D eigenvalue weighted by atomic mass is 10.2. The van der Waals surface area contributed by atoms with Crippen LogP contribution in [0.1, 0.15) is 12.8 Å². The Bertz CT molecular complexity index is 336. The average molecular weight is 301 g/mol. The Morgan fingerprint density at radius 2 is 2.21 bits per heavy atom. The van der Waals surface area contributed by atoms with Gasteiger partial charge in [0.15, 0.2) is 0 Å². The molecule has 14 heavy (non-hydrogen) atoms. The molecule has 1 N–H and O–H groups in total. The third kappa shape index (κ3) is 3.49. The Balaban J connectivity index is 2.56. The molecule has 0 aliphatic carbocycles. The fraction of sp³-hybridized carbons (Fsp3) is 0.182. The molecule has 0 unspecified atom stereocenters. The molecule has 1 rings (SSSR count). The van der Waals surface area contributed by atoms with E-state index in [0.29, 0.717) is 6.42 Å². The van der Waals surface area contributed by atoms with Crippen LogP contribution in [0.3, 0.4) is 0 Å². The second-order valence-corrected chi connectivity index (χ2v) is 4.02. The predicted octanol–water partition coefficient (Wildman–Crippen LogP) is 3.20. The molecule has 0 aromatic heterocycles. The number of para-hydroxylation sites is 1. The first-order valence-corrected chi connectivity index (χ1v) is 5.47. The van der Waals surface area contributed by atoms with Crippen molar-refractivity contribution in [1.29, 1.82) is 0 Å². The molecule has 0 aliphatic heterocycles. The van der Waals surface area contributed by atoms with Crippen molar-refractivity contribution in [3.63, 3.8) is 0 Å². The summed E-state index contributed by atoms with van der Waals surface area (Å²) in [5.41, 5.74) is 0.877. The number of amides is 1. The fourth-order valence-electron chi connectivity index (χ4n) is 1.01. The average Bonchev–Trinajstić information content (AvgIpc) is 2.18. The quantitative estimate of drug-likeness (QED) is 0.671. The van der Waals surface area contributed by atoms with Gasteiger partial charge in [0.25, 0.3) is 0 Å². The summed E-state index contributed by atoms with van der Waals surface area (Å²) in [6.07, 6.45) is 2.96. The van der Waals surface area contributed by atoms with E-state index < -0.39 is 0 Å². The summed E-state index contributed by atoms with van der Waals surface area (Å²) in [5.74, 6) is 0.0361. The molecule has 1 amide bonds. The Kier molecular flexibility index (Phi) is 4.65.